The Kier molecular flexibility index (Phi) is 2.85. The van der Waals surface area contributed by atoms with E-state index >= 15 is 0 Å². The predicted molar refractivity (Wildman–Crippen MR) is 57.5 cm³/mol. The third-order valence-corrected chi connectivity index (χ3v) is 2.64. The largest absolute Gasteiger partial charge is 0.353 e. The summed E-state index contributed by atoms with van der Waals surface area (Å²) in [6, 6.07) is 6.67. The summed E-state index contributed by atoms with van der Waals surface area (Å²) in [5, 5.41) is 0. The Balaban J connectivity index is 1.97. The number of anilines is 1. The van der Waals surface area contributed by atoms with Crippen LogP contribution in [0.15, 0.2) is 18.3 Å². The number of pyridine rings is 1. The standard InChI is InChI=1S/C11H14N3O/c1-10(15)13-6-8-14(9-7-13)11-4-2-3-5-12-11/h3-5H,6-9H2,1H3. The van der Waals surface area contributed by atoms with Crippen molar-refractivity contribution in [3.63, 3.8) is 0 Å². The van der Waals surface area contributed by atoms with Gasteiger partial charge in [-0.15, -0.1) is 0 Å². The highest BCUT2D eigenvalue weighted by Gasteiger charge is 2.18. The molecule has 0 bridgehead atoms. The van der Waals surface area contributed by atoms with Crippen molar-refractivity contribution in [2.24, 2.45) is 0 Å². The number of hydrogen-bond acceptors (Lipinski definition) is 3. The highest BCUT2D eigenvalue weighted by Crippen LogP contribution is 2.11. The summed E-state index contributed by atoms with van der Waals surface area (Å²) in [6.45, 7) is 4.89. The Morgan fingerprint density at radius 1 is 1.40 bits per heavy atom. The van der Waals surface area contributed by atoms with Gasteiger partial charge in [-0.2, -0.15) is 0 Å². The van der Waals surface area contributed by atoms with Gasteiger partial charge in [-0.25, -0.2) is 4.98 Å². The highest BCUT2D eigenvalue weighted by molar-refractivity contribution is 5.73. The lowest BCUT2D eigenvalue weighted by atomic mass is 10.3. The minimum atomic E-state index is 0.155. The van der Waals surface area contributed by atoms with Crippen LogP contribution in [0.5, 0.6) is 0 Å². The van der Waals surface area contributed by atoms with Crippen molar-refractivity contribution in [3.05, 3.63) is 24.4 Å². The number of amides is 1. The maximum absolute atomic E-state index is 11.1. The second-order valence-electron chi connectivity index (χ2n) is 3.61. The monoisotopic (exact) mass is 204 g/mol. The first-order valence-corrected chi connectivity index (χ1v) is 5.10. The van der Waals surface area contributed by atoms with E-state index in [2.05, 4.69) is 16.0 Å². The van der Waals surface area contributed by atoms with Gasteiger partial charge in [0.2, 0.25) is 5.91 Å². The van der Waals surface area contributed by atoms with Gasteiger partial charge in [-0.05, 0) is 18.2 Å². The molecule has 0 spiro atoms. The van der Waals surface area contributed by atoms with Crippen molar-refractivity contribution in [3.8, 4) is 0 Å². The van der Waals surface area contributed by atoms with Gasteiger partial charge in [-0.3, -0.25) is 4.79 Å². The lowest BCUT2D eigenvalue weighted by molar-refractivity contribution is -0.129. The van der Waals surface area contributed by atoms with Crippen LogP contribution in [0, 0.1) is 6.07 Å². The lowest BCUT2D eigenvalue weighted by Gasteiger charge is -2.34. The molecule has 1 saturated heterocycles. The van der Waals surface area contributed by atoms with E-state index in [0.29, 0.717) is 0 Å². The second-order valence-corrected chi connectivity index (χ2v) is 3.61. The minimum absolute atomic E-state index is 0.155. The SMILES string of the molecule is CC(=O)N1CCN(c2c[c]ccn2)CC1. The molecule has 0 aromatic carbocycles. The highest BCUT2D eigenvalue weighted by atomic mass is 16.2. The zero-order valence-corrected chi connectivity index (χ0v) is 8.81. The quantitative estimate of drug-likeness (QED) is 0.670. The van der Waals surface area contributed by atoms with Crippen molar-refractivity contribution in [2.45, 2.75) is 6.92 Å². The van der Waals surface area contributed by atoms with Gasteiger partial charge in [-0.1, -0.05) is 0 Å². The van der Waals surface area contributed by atoms with E-state index in [1.54, 1.807) is 19.2 Å². The zero-order chi connectivity index (χ0) is 10.7. The van der Waals surface area contributed by atoms with Crippen LogP contribution in [-0.4, -0.2) is 42.0 Å². The van der Waals surface area contributed by atoms with E-state index < -0.39 is 0 Å². The van der Waals surface area contributed by atoms with Gasteiger partial charge >= 0.3 is 0 Å². The van der Waals surface area contributed by atoms with Crippen LogP contribution in [0.2, 0.25) is 0 Å². The molecule has 1 aliphatic heterocycles. The first-order valence-electron chi connectivity index (χ1n) is 5.10. The summed E-state index contributed by atoms with van der Waals surface area (Å²) in [4.78, 5) is 19.4. The summed E-state index contributed by atoms with van der Waals surface area (Å²) in [5.41, 5.74) is 0. The zero-order valence-electron chi connectivity index (χ0n) is 8.81. The van der Waals surface area contributed by atoms with Crippen molar-refractivity contribution in [2.75, 3.05) is 31.1 Å². The predicted octanol–water partition coefficient (Wildman–Crippen LogP) is 0.550. The second kappa shape index (κ2) is 4.29. The number of rotatable bonds is 1. The van der Waals surface area contributed by atoms with Gasteiger partial charge in [0.1, 0.15) is 5.82 Å². The number of piperazine rings is 1. The average Bonchev–Trinajstić information content (AvgIpc) is 2.30. The Labute approximate surface area is 89.5 Å². The first-order chi connectivity index (χ1) is 7.27. The van der Waals surface area contributed by atoms with E-state index in [1.807, 2.05) is 11.0 Å². The molecular formula is C11H14N3O. The Bertz CT molecular complexity index is 331. The van der Waals surface area contributed by atoms with E-state index in [4.69, 9.17) is 0 Å². The van der Waals surface area contributed by atoms with Crippen molar-refractivity contribution < 1.29 is 4.79 Å². The molecule has 0 aliphatic carbocycles. The molecule has 1 amide bonds. The van der Waals surface area contributed by atoms with E-state index in [-0.39, 0.29) is 5.91 Å². The molecule has 1 fully saturated rings. The number of carbonyl (C=O) groups excluding carboxylic acids is 1. The molecule has 1 aromatic heterocycles. The third-order valence-electron chi connectivity index (χ3n) is 2.64. The third kappa shape index (κ3) is 2.26. The topological polar surface area (TPSA) is 36.4 Å². The normalized spacial score (nSPS) is 16.6. The van der Waals surface area contributed by atoms with Gasteiger partial charge in [0.05, 0.1) is 0 Å². The van der Waals surface area contributed by atoms with Crippen molar-refractivity contribution in [1.82, 2.24) is 9.88 Å². The molecule has 4 nitrogen and oxygen atoms in total. The van der Waals surface area contributed by atoms with E-state index in [0.717, 1.165) is 32.0 Å². The number of aromatic nitrogens is 1. The van der Waals surface area contributed by atoms with Gasteiger partial charge in [0.15, 0.2) is 0 Å². The van der Waals surface area contributed by atoms with Crippen LogP contribution >= 0.6 is 0 Å². The molecule has 0 saturated carbocycles. The molecule has 1 radical (unpaired) electrons. The Morgan fingerprint density at radius 3 is 2.67 bits per heavy atom. The Hall–Kier alpha value is -1.58. The van der Waals surface area contributed by atoms with Crippen LogP contribution < -0.4 is 4.90 Å². The lowest BCUT2D eigenvalue weighted by Crippen LogP contribution is -2.48. The summed E-state index contributed by atoms with van der Waals surface area (Å²) < 4.78 is 0. The molecule has 79 valence electrons. The van der Waals surface area contributed by atoms with Crippen LogP contribution in [-0.2, 0) is 4.79 Å². The summed E-state index contributed by atoms with van der Waals surface area (Å²) in [5.74, 6) is 1.10. The molecular weight excluding hydrogens is 190 g/mol. The molecule has 1 aliphatic rings. The minimum Gasteiger partial charge on any atom is -0.353 e. The van der Waals surface area contributed by atoms with Crippen LogP contribution in [0.4, 0.5) is 5.82 Å². The fourth-order valence-corrected chi connectivity index (χ4v) is 1.74. The average molecular weight is 204 g/mol. The van der Waals surface area contributed by atoms with Gasteiger partial charge in [0.25, 0.3) is 0 Å². The van der Waals surface area contributed by atoms with Crippen LogP contribution in [0.1, 0.15) is 6.92 Å². The smallest absolute Gasteiger partial charge is 0.219 e. The summed E-state index contributed by atoms with van der Waals surface area (Å²) >= 11 is 0. The molecule has 2 rings (SSSR count). The van der Waals surface area contributed by atoms with Crippen molar-refractivity contribution >= 4 is 11.7 Å². The van der Waals surface area contributed by atoms with Crippen LogP contribution in [0.3, 0.4) is 0 Å². The van der Waals surface area contributed by atoms with Gasteiger partial charge < -0.3 is 9.80 Å². The summed E-state index contributed by atoms with van der Waals surface area (Å²) in [6.07, 6.45) is 1.74. The molecule has 0 unspecified atom stereocenters. The Morgan fingerprint density at radius 2 is 2.13 bits per heavy atom. The molecule has 2 heterocycles. The molecule has 15 heavy (non-hydrogen) atoms. The van der Waals surface area contributed by atoms with Crippen LogP contribution in [0.25, 0.3) is 0 Å². The first kappa shape index (κ1) is 9.96. The molecule has 0 N–H and O–H groups in total. The van der Waals surface area contributed by atoms with Crippen molar-refractivity contribution in [1.29, 1.82) is 0 Å². The van der Waals surface area contributed by atoms with E-state index in [1.165, 1.54) is 0 Å². The number of carbonyl (C=O) groups is 1. The fraction of sp³-hybridized carbons (Fsp3) is 0.455. The molecule has 4 heteroatoms. The number of hydrogen-bond donors (Lipinski definition) is 0. The summed E-state index contributed by atoms with van der Waals surface area (Å²) in [7, 11) is 0. The fourth-order valence-electron chi connectivity index (χ4n) is 1.74. The maximum atomic E-state index is 11.1. The van der Waals surface area contributed by atoms with Gasteiger partial charge in [0, 0.05) is 39.3 Å². The molecule has 0 atom stereocenters. The van der Waals surface area contributed by atoms with E-state index in [9.17, 15) is 4.79 Å². The molecule has 1 aromatic rings. The maximum Gasteiger partial charge on any atom is 0.219 e. The number of nitrogens with zero attached hydrogens (tertiary/aromatic N) is 3.